The molecular weight excluding hydrogens is 220 g/mol. The molecule has 98 valence electrons. The van der Waals surface area contributed by atoms with Gasteiger partial charge in [-0.2, -0.15) is 0 Å². The standard InChI is InChI=1S/C16H24N2/c1-18(16-3-2-4-16)12-14-7-5-13(6-8-14)11-17-15-9-10-15/h5-8,15-17H,2-4,9-12H2,1H3. The maximum atomic E-state index is 3.56. The Hall–Kier alpha value is -0.860. The molecule has 2 fully saturated rings. The molecule has 0 bridgehead atoms. The van der Waals surface area contributed by atoms with Crippen LogP contribution in [0.5, 0.6) is 0 Å². The molecule has 2 aliphatic carbocycles. The van der Waals surface area contributed by atoms with Crippen LogP contribution in [0.2, 0.25) is 0 Å². The van der Waals surface area contributed by atoms with Crippen LogP contribution in [0, 0.1) is 0 Å². The van der Waals surface area contributed by atoms with Crippen molar-refractivity contribution < 1.29 is 0 Å². The lowest BCUT2D eigenvalue weighted by Crippen LogP contribution is -2.36. The van der Waals surface area contributed by atoms with Crippen LogP contribution in [0.1, 0.15) is 43.2 Å². The number of nitrogens with one attached hydrogen (secondary N) is 1. The third-order valence-electron chi connectivity index (χ3n) is 4.33. The normalized spacial score (nSPS) is 20.1. The van der Waals surface area contributed by atoms with Gasteiger partial charge in [-0.15, -0.1) is 0 Å². The van der Waals surface area contributed by atoms with Crippen LogP contribution in [0.3, 0.4) is 0 Å². The first kappa shape index (κ1) is 12.2. The molecule has 0 heterocycles. The Morgan fingerprint density at radius 2 is 1.72 bits per heavy atom. The van der Waals surface area contributed by atoms with Gasteiger partial charge in [-0.25, -0.2) is 0 Å². The van der Waals surface area contributed by atoms with Crippen LogP contribution in [-0.2, 0) is 13.1 Å². The van der Waals surface area contributed by atoms with E-state index in [1.807, 2.05) is 0 Å². The molecule has 2 saturated carbocycles. The summed E-state index contributed by atoms with van der Waals surface area (Å²) in [5, 5.41) is 3.56. The summed E-state index contributed by atoms with van der Waals surface area (Å²) in [5.41, 5.74) is 2.86. The van der Waals surface area contributed by atoms with Gasteiger partial charge in [-0.1, -0.05) is 30.7 Å². The summed E-state index contributed by atoms with van der Waals surface area (Å²) in [6.45, 7) is 2.13. The van der Waals surface area contributed by atoms with Crippen molar-refractivity contribution in [1.29, 1.82) is 0 Å². The fourth-order valence-corrected chi connectivity index (χ4v) is 2.56. The van der Waals surface area contributed by atoms with Gasteiger partial charge in [0.25, 0.3) is 0 Å². The summed E-state index contributed by atoms with van der Waals surface area (Å²) in [7, 11) is 2.26. The van der Waals surface area contributed by atoms with E-state index < -0.39 is 0 Å². The number of hydrogen-bond acceptors (Lipinski definition) is 2. The lowest BCUT2D eigenvalue weighted by atomic mass is 9.91. The smallest absolute Gasteiger partial charge is 0.0233 e. The van der Waals surface area contributed by atoms with Gasteiger partial charge in [-0.05, 0) is 43.9 Å². The van der Waals surface area contributed by atoms with Gasteiger partial charge in [0.1, 0.15) is 0 Å². The molecule has 2 aliphatic rings. The predicted molar refractivity (Wildman–Crippen MR) is 75.4 cm³/mol. The Morgan fingerprint density at radius 3 is 2.28 bits per heavy atom. The van der Waals surface area contributed by atoms with E-state index in [1.54, 1.807) is 0 Å². The molecule has 18 heavy (non-hydrogen) atoms. The van der Waals surface area contributed by atoms with Gasteiger partial charge >= 0.3 is 0 Å². The van der Waals surface area contributed by atoms with Crippen molar-refractivity contribution >= 4 is 0 Å². The minimum atomic E-state index is 0.800. The Kier molecular flexibility index (Phi) is 3.67. The lowest BCUT2D eigenvalue weighted by Gasteiger charge is -2.34. The van der Waals surface area contributed by atoms with E-state index in [4.69, 9.17) is 0 Å². The second kappa shape index (κ2) is 5.41. The van der Waals surface area contributed by atoms with Gasteiger partial charge < -0.3 is 5.32 Å². The summed E-state index contributed by atoms with van der Waals surface area (Å²) in [6, 6.07) is 10.8. The van der Waals surface area contributed by atoms with E-state index in [-0.39, 0.29) is 0 Å². The van der Waals surface area contributed by atoms with Crippen LogP contribution >= 0.6 is 0 Å². The summed E-state index contributed by atoms with van der Waals surface area (Å²) >= 11 is 0. The highest BCUT2D eigenvalue weighted by Gasteiger charge is 2.22. The van der Waals surface area contributed by atoms with Crippen molar-refractivity contribution in [1.82, 2.24) is 10.2 Å². The molecule has 0 atom stereocenters. The van der Waals surface area contributed by atoms with Gasteiger partial charge in [-0.3, -0.25) is 4.90 Å². The second-order valence-electron chi connectivity index (χ2n) is 5.97. The lowest BCUT2D eigenvalue weighted by molar-refractivity contribution is 0.152. The number of hydrogen-bond donors (Lipinski definition) is 1. The van der Waals surface area contributed by atoms with Gasteiger partial charge in [0.15, 0.2) is 0 Å². The zero-order chi connectivity index (χ0) is 12.4. The summed E-state index contributed by atoms with van der Waals surface area (Å²) in [4.78, 5) is 2.50. The van der Waals surface area contributed by atoms with Crippen molar-refractivity contribution in [3.63, 3.8) is 0 Å². The maximum absolute atomic E-state index is 3.56. The van der Waals surface area contributed by atoms with E-state index in [2.05, 4.69) is 41.5 Å². The van der Waals surface area contributed by atoms with E-state index >= 15 is 0 Å². The Morgan fingerprint density at radius 1 is 1.06 bits per heavy atom. The average molecular weight is 244 g/mol. The zero-order valence-corrected chi connectivity index (χ0v) is 11.4. The van der Waals surface area contributed by atoms with Crippen molar-refractivity contribution in [2.45, 2.75) is 57.3 Å². The Bertz CT molecular complexity index is 377. The summed E-state index contributed by atoms with van der Waals surface area (Å²) in [6.07, 6.45) is 6.93. The molecule has 0 aromatic heterocycles. The SMILES string of the molecule is CN(Cc1ccc(CNC2CC2)cc1)C1CCC1. The molecule has 0 saturated heterocycles. The fourth-order valence-electron chi connectivity index (χ4n) is 2.56. The zero-order valence-electron chi connectivity index (χ0n) is 11.4. The second-order valence-corrected chi connectivity index (χ2v) is 5.97. The molecule has 0 unspecified atom stereocenters. The maximum Gasteiger partial charge on any atom is 0.0233 e. The molecule has 1 aromatic rings. The molecule has 1 aromatic carbocycles. The van der Waals surface area contributed by atoms with Crippen molar-refractivity contribution in [2.24, 2.45) is 0 Å². The predicted octanol–water partition coefficient (Wildman–Crippen LogP) is 2.92. The van der Waals surface area contributed by atoms with Crippen molar-refractivity contribution in [2.75, 3.05) is 7.05 Å². The van der Waals surface area contributed by atoms with Gasteiger partial charge in [0, 0.05) is 25.2 Å². The monoisotopic (exact) mass is 244 g/mol. The third kappa shape index (κ3) is 3.12. The van der Waals surface area contributed by atoms with E-state index in [1.165, 1.54) is 43.2 Å². The molecule has 3 rings (SSSR count). The highest BCUT2D eigenvalue weighted by molar-refractivity contribution is 5.22. The van der Waals surface area contributed by atoms with Gasteiger partial charge in [0.05, 0.1) is 0 Å². The molecule has 0 radical (unpaired) electrons. The van der Waals surface area contributed by atoms with Crippen molar-refractivity contribution in [3.8, 4) is 0 Å². The largest absolute Gasteiger partial charge is 0.310 e. The Balaban J connectivity index is 1.49. The summed E-state index contributed by atoms with van der Waals surface area (Å²) in [5.74, 6) is 0. The third-order valence-corrected chi connectivity index (χ3v) is 4.33. The van der Waals surface area contributed by atoms with Crippen LogP contribution in [-0.4, -0.2) is 24.0 Å². The molecule has 0 aliphatic heterocycles. The topological polar surface area (TPSA) is 15.3 Å². The van der Waals surface area contributed by atoms with Gasteiger partial charge in [0.2, 0.25) is 0 Å². The summed E-state index contributed by atoms with van der Waals surface area (Å²) < 4.78 is 0. The minimum absolute atomic E-state index is 0.800. The fraction of sp³-hybridized carbons (Fsp3) is 0.625. The first-order valence-electron chi connectivity index (χ1n) is 7.33. The highest BCUT2D eigenvalue weighted by atomic mass is 15.1. The van der Waals surface area contributed by atoms with E-state index in [0.29, 0.717) is 0 Å². The average Bonchev–Trinajstić information content (AvgIpc) is 3.09. The Labute approximate surface area is 110 Å². The first-order chi connectivity index (χ1) is 8.81. The van der Waals surface area contributed by atoms with Crippen LogP contribution in [0.25, 0.3) is 0 Å². The minimum Gasteiger partial charge on any atom is -0.310 e. The van der Waals surface area contributed by atoms with Crippen molar-refractivity contribution in [3.05, 3.63) is 35.4 Å². The van der Waals surface area contributed by atoms with Crippen LogP contribution in [0.4, 0.5) is 0 Å². The van der Waals surface area contributed by atoms with E-state index in [9.17, 15) is 0 Å². The number of nitrogens with zero attached hydrogens (tertiary/aromatic N) is 1. The quantitative estimate of drug-likeness (QED) is 0.827. The number of rotatable bonds is 6. The van der Waals surface area contributed by atoms with Crippen LogP contribution < -0.4 is 5.32 Å². The van der Waals surface area contributed by atoms with E-state index in [0.717, 1.165) is 25.2 Å². The highest BCUT2D eigenvalue weighted by Crippen LogP contribution is 2.25. The first-order valence-corrected chi connectivity index (χ1v) is 7.33. The molecule has 0 amide bonds. The van der Waals surface area contributed by atoms with Crippen LogP contribution in [0.15, 0.2) is 24.3 Å². The molecule has 2 nitrogen and oxygen atoms in total. The number of benzene rings is 1. The molecule has 1 N–H and O–H groups in total. The molecule has 0 spiro atoms. The molecular formula is C16H24N2. The molecule has 2 heteroatoms.